The predicted octanol–water partition coefficient (Wildman–Crippen LogP) is 4.91. The molecule has 0 aliphatic carbocycles. The number of hydrazone groups is 1. The minimum Gasteiger partial charge on any atom is -0.497 e. The molecule has 3 aromatic rings. The Balaban J connectivity index is 1.63. The second-order valence-electron chi connectivity index (χ2n) is 9.26. The molecule has 0 fully saturated rings. The van der Waals surface area contributed by atoms with E-state index in [-0.39, 0.29) is 12.3 Å². The molecule has 1 atom stereocenters. The molecule has 0 aliphatic heterocycles. The Labute approximate surface area is 236 Å². The van der Waals surface area contributed by atoms with Gasteiger partial charge in [-0.2, -0.15) is 5.10 Å². The van der Waals surface area contributed by atoms with Crippen molar-refractivity contribution in [2.24, 2.45) is 5.10 Å². The van der Waals surface area contributed by atoms with Crippen molar-refractivity contribution in [2.45, 2.75) is 46.3 Å². The molecule has 8 nitrogen and oxygen atoms in total. The SMILES string of the molecule is C=CCc1cc(C=NNC(=O)C(C)NC(=O)Cc2ccc(OC)cc2)cc(OCC)c1OCc1ccc(C)cc1. The maximum absolute atomic E-state index is 12.5. The van der Waals surface area contributed by atoms with Crippen LogP contribution in [-0.4, -0.2) is 37.8 Å². The largest absolute Gasteiger partial charge is 0.497 e. The monoisotopic (exact) mass is 543 g/mol. The fourth-order valence-corrected chi connectivity index (χ4v) is 3.89. The van der Waals surface area contributed by atoms with Gasteiger partial charge in [-0.25, -0.2) is 5.43 Å². The molecule has 0 spiro atoms. The molecule has 0 saturated carbocycles. The Hall–Kier alpha value is -4.59. The van der Waals surface area contributed by atoms with Crippen molar-refractivity contribution in [1.82, 2.24) is 10.7 Å². The molecule has 0 aromatic heterocycles. The number of amides is 2. The van der Waals surface area contributed by atoms with Crippen molar-refractivity contribution in [1.29, 1.82) is 0 Å². The third kappa shape index (κ3) is 9.01. The van der Waals surface area contributed by atoms with E-state index in [0.717, 1.165) is 22.3 Å². The number of carbonyl (C=O) groups is 2. The van der Waals surface area contributed by atoms with Gasteiger partial charge in [-0.05, 0) is 68.1 Å². The molecule has 0 heterocycles. The van der Waals surface area contributed by atoms with Crippen molar-refractivity contribution in [3.8, 4) is 17.2 Å². The van der Waals surface area contributed by atoms with Gasteiger partial charge in [-0.3, -0.25) is 9.59 Å². The van der Waals surface area contributed by atoms with Crippen LogP contribution in [0.4, 0.5) is 0 Å². The predicted molar refractivity (Wildman–Crippen MR) is 157 cm³/mol. The van der Waals surface area contributed by atoms with Crippen LogP contribution in [-0.2, 0) is 29.0 Å². The fourth-order valence-electron chi connectivity index (χ4n) is 3.89. The van der Waals surface area contributed by atoms with E-state index in [9.17, 15) is 9.59 Å². The van der Waals surface area contributed by atoms with E-state index in [2.05, 4.69) is 22.4 Å². The second-order valence-corrected chi connectivity index (χ2v) is 9.26. The Bertz CT molecular complexity index is 1320. The molecule has 210 valence electrons. The number of nitrogens with zero attached hydrogens (tertiary/aromatic N) is 1. The lowest BCUT2D eigenvalue weighted by atomic mass is 10.1. The van der Waals surface area contributed by atoms with Crippen molar-refractivity contribution in [2.75, 3.05) is 13.7 Å². The Morgan fingerprint density at radius 2 is 1.73 bits per heavy atom. The van der Waals surface area contributed by atoms with Crippen LogP contribution in [0.3, 0.4) is 0 Å². The molecule has 0 aliphatic rings. The summed E-state index contributed by atoms with van der Waals surface area (Å²) in [5.74, 6) is 1.24. The Morgan fingerprint density at radius 1 is 1.02 bits per heavy atom. The molecule has 3 aromatic carbocycles. The summed E-state index contributed by atoms with van der Waals surface area (Å²) in [5, 5.41) is 6.79. The molecule has 2 N–H and O–H groups in total. The number of carbonyl (C=O) groups excluding carboxylic acids is 2. The van der Waals surface area contributed by atoms with Crippen LogP contribution in [0.25, 0.3) is 0 Å². The van der Waals surface area contributed by atoms with Crippen molar-refractivity contribution < 1.29 is 23.8 Å². The zero-order valence-electron chi connectivity index (χ0n) is 23.5. The van der Waals surface area contributed by atoms with Gasteiger partial charge < -0.3 is 19.5 Å². The highest BCUT2D eigenvalue weighted by atomic mass is 16.5. The highest BCUT2D eigenvalue weighted by Crippen LogP contribution is 2.34. The van der Waals surface area contributed by atoms with Gasteiger partial charge in [0.25, 0.3) is 5.91 Å². The molecular formula is C32H37N3O5. The number of allylic oxidation sites excluding steroid dienone is 1. The number of aryl methyl sites for hydroxylation is 1. The minimum atomic E-state index is -0.768. The van der Waals surface area contributed by atoms with E-state index >= 15 is 0 Å². The van der Waals surface area contributed by atoms with Crippen molar-refractivity contribution in [3.05, 3.63) is 101 Å². The number of benzene rings is 3. The standard InChI is InChI=1S/C32H37N3O5/c1-6-8-27-17-26(18-29(39-7-2)31(27)40-21-25-11-9-22(3)10-12-25)20-33-35-32(37)23(4)34-30(36)19-24-13-15-28(38-5)16-14-24/h6,9-18,20,23H,1,7-8,19,21H2,2-5H3,(H,34,36)(H,35,37). The summed E-state index contributed by atoms with van der Waals surface area (Å²) in [6.07, 6.45) is 4.04. The maximum Gasteiger partial charge on any atom is 0.262 e. The van der Waals surface area contributed by atoms with E-state index in [4.69, 9.17) is 14.2 Å². The summed E-state index contributed by atoms with van der Waals surface area (Å²) >= 11 is 0. The van der Waals surface area contributed by atoms with Gasteiger partial charge in [-0.15, -0.1) is 6.58 Å². The molecule has 40 heavy (non-hydrogen) atoms. The average molecular weight is 544 g/mol. The van der Waals surface area contributed by atoms with Crippen LogP contribution in [0.2, 0.25) is 0 Å². The number of ether oxygens (including phenoxy) is 3. The number of hydrogen-bond donors (Lipinski definition) is 2. The summed E-state index contributed by atoms with van der Waals surface area (Å²) in [5.41, 5.74) is 7.16. The van der Waals surface area contributed by atoms with Gasteiger partial charge in [0.1, 0.15) is 18.4 Å². The van der Waals surface area contributed by atoms with Gasteiger partial charge in [0.05, 0.1) is 26.4 Å². The van der Waals surface area contributed by atoms with Crippen LogP contribution < -0.4 is 25.0 Å². The van der Waals surface area contributed by atoms with Crippen LogP contribution in [0.15, 0.2) is 78.4 Å². The number of hydrogen-bond acceptors (Lipinski definition) is 6. The van der Waals surface area contributed by atoms with E-state index in [1.54, 1.807) is 32.2 Å². The first-order valence-electron chi connectivity index (χ1n) is 13.2. The summed E-state index contributed by atoms with van der Waals surface area (Å²) in [7, 11) is 1.58. The van der Waals surface area contributed by atoms with E-state index in [1.807, 2.05) is 62.4 Å². The van der Waals surface area contributed by atoms with E-state index in [0.29, 0.717) is 36.9 Å². The molecule has 0 saturated heterocycles. The first-order valence-corrected chi connectivity index (χ1v) is 13.2. The number of nitrogens with one attached hydrogen (secondary N) is 2. The minimum absolute atomic E-state index is 0.148. The number of methoxy groups -OCH3 is 1. The molecule has 1 unspecified atom stereocenters. The van der Waals surface area contributed by atoms with Crippen LogP contribution in [0.1, 0.15) is 41.7 Å². The molecule has 2 amide bonds. The third-order valence-corrected chi connectivity index (χ3v) is 6.00. The van der Waals surface area contributed by atoms with Gasteiger partial charge >= 0.3 is 0 Å². The van der Waals surface area contributed by atoms with Crippen LogP contribution >= 0.6 is 0 Å². The summed E-state index contributed by atoms with van der Waals surface area (Å²) in [4.78, 5) is 24.9. The maximum atomic E-state index is 12.5. The van der Waals surface area contributed by atoms with Gasteiger partial charge in [-0.1, -0.05) is 48.0 Å². The summed E-state index contributed by atoms with van der Waals surface area (Å²) in [6.45, 7) is 10.3. The smallest absolute Gasteiger partial charge is 0.262 e. The molecule has 3 rings (SSSR count). The number of rotatable bonds is 14. The van der Waals surface area contributed by atoms with E-state index in [1.165, 1.54) is 11.8 Å². The third-order valence-electron chi connectivity index (χ3n) is 6.00. The zero-order valence-corrected chi connectivity index (χ0v) is 23.5. The van der Waals surface area contributed by atoms with Gasteiger partial charge in [0.15, 0.2) is 11.5 Å². The van der Waals surface area contributed by atoms with Crippen LogP contribution in [0, 0.1) is 6.92 Å². The zero-order chi connectivity index (χ0) is 28.9. The van der Waals surface area contributed by atoms with Crippen LogP contribution in [0.5, 0.6) is 17.2 Å². The second kappa shape index (κ2) is 15.1. The van der Waals surface area contributed by atoms with Crippen molar-refractivity contribution >= 4 is 18.0 Å². The Morgan fingerprint density at radius 3 is 2.38 bits per heavy atom. The molecule has 0 radical (unpaired) electrons. The van der Waals surface area contributed by atoms with Gasteiger partial charge in [0, 0.05) is 5.56 Å². The normalized spacial score (nSPS) is 11.5. The molecular weight excluding hydrogens is 506 g/mol. The lowest BCUT2D eigenvalue weighted by Gasteiger charge is -2.17. The fraction of sp³-hybridized carbons (Fsp3) is 0.281. The topological polar surface area (TPSA) is 98.3 Å². The van der Waals surface area contributed by atoms with Crippen molar-refractivity contribution in [3.63, 3.8) is 0 Å². The molecule has 0 bridgehead atoms. The average Bonchev–Trinajstić information content (AvgIpc) is 2.94. The first kappa shape index (κ1) is 30.0. The quantitative estimate of drug-likeness (QED) is 0.171. The van der Waals surface area contributed by atoms with Gasteiger partial charge in [0.2, 0.25) is 5.91 Å². The summed E-state index contributed by atoms with van der Waals surface area (Å²) < 4.78 is 17.2. The highest BCUT2D eigenvalue weighted by Gasteiger charge is 2.16. The summed E-state index contributed by atoms with van der Waals surface area (Å²) in [6, 6.07) is 18.3. The lowest BCUT2D eigenvalue weighted by Crippen LogP contribution is -2.43. The first-order chi connectivity index (χ1) is 19.3. The highest BCUT2D eigenvalue weighted by molar-refractivity contribution is 5.89. The lowest BCUT2D eigenvalue weighted by molar-refractivity contribution is -0.128. The Kier molecular flexibility index (Phi) is 11.3. The molecule has 8 heteroatoms. The van der Waals surface area contributed by atoms with E-state index < -0.39 is 11.9 Å².